The highest BCUT2D eigenvalue weighted by Gasteiger charge is 2.17. The van der Waals surface area contributed by atoms with Gasteiger partial charge in [-0.3, -0.25) is 0 Å². The van der Waals surface area contributed by atoms with E-state index in [1.165, 1.54) is 0 Å². The van der Waals surface area contributed by atoms with Crippen LogP contribution in [-0.2, 0) is 9.47 Å². The quantitative estimate of drug-likeness (QED) is 0.666. The largest absolute Gasteiger partial charge is 0.346 e. The van der Waals surface area contributed by atoms with Gasteiger partial charge in [0.25, 0.3) is 0 Å². The van der Waals surface area contributed by atoms with Crippen molar-refractivity contribution in [2.24, 2.45) is 0 Å². The second-order valence-corrected chi connectivity index (χ2v) is 6.09. The summed E-state index contributed by atoms with van der Waals surface area (Å²) in [5.41, 5.74) is 3.90. The molecular formula is C20H16ClNO2. The number of pyridine rings is 1. The first-order chi connectivity index (χ1) is 11.8. The van der Waals surface area contributed by atoms with Gasteiger partial charge >= 0.3 is 0 Å². The Morgan fingerprint density at radius 3 is 2.67 bits per heavy atom. The summed E-state index contributed by atoms with van der Waals surface area (Å²) in [6.45, 7) is 1.29. The summed E-state index contributed by atoms with van der Waals surface area (Å²) in [5.74, 6) is 0. The van der Waals surface area contributed by atoms with Crippen LogP contribution >= 0.6 is 11.6 Å². The van der Waals surface area contributed by atoms with E-state index < -0.39 is 0 Å². The number of hydrogen-bond donors (Lipinski definition) is 0. The normalized spacial score (nSPS) is 15.5. The smallest absolute Gasteiger partial charge is 0.184 e. The van der Waals surface area contributed by atoms with Crippen molar-refractivity contribution in [3.8, 4) is 0 Å². The Balaban J connectivity index is 1.59. The first kappa shape index (κ1) is 15.3. The molecule has 4 heteroatoms. The van der Waals surface area contributed by atoms with Gasteiger partial charge in [0.15, 0.2) is 6.29 Å². The number of ether oxygens (including phenoxy) is 2. The Morgan fingerprint density at radius 1 is 0.958 bits per heavy atom. The van der Waals surface area contributed by atoms with Gasteiger partial charge in [-0.1, -0.05) is 48.0 Å². The molecule has 1 aliphatic heterocycles. The lowest BCUT2D eigenvalue weighted by Gasteiger charge is -2.09. The summed E-state index contributed by atoms with van der Waals surface area (Å²) in [4.78, 5) is 4.63. The van der Waals surface area contributed by atoms with Gasteiger partial charge in [0.05, 0.1) is 24.4 Å². The van der Waals surface area contributed by atoms with E-state index in [2.05, 4.69) is 17.1 Å². The van der Waals surface area contributed by atoms with Crippen LogP contribution < -0.4 is 0 Å². The number of fused-ring (bicyclic) bond motifs is 1. The van der Waals surface area contributed by atoms with E-state index in [9.17, 15) is 0 Å². The van der Waals surface area contributed by atoms with Gasteiger partial charge in [0, 0.05) is 16.0 Å². The summed E-state index contributed by atoms with van der Waals surface area (Å²) < 4.78 is 11.1. The summed E-state index contributed by atoms with van der Waals surface area (Å²) in [6.07, 6.45) is 3.78. The molecule has 1 aliphatic rings. The zero-order valence-electron chi connectivity index (χ0n) is 13.0. The summed E-state index contributed by atoms with van der Waals surface area (Å²) in [5, 5.41) is 1.77. The highest BCUT2D eigenvalue weighted by Crippen LogP contribution is 2.24. The Kier molecular flexibility index (Phi) is 4.30. The molecular weight excluding hydrogens is 322 g/mol. The molecule has 24 heavy (non-hydrogen) atoms. The molecule has 3 nitrogen and oxygen atoms in total. The molecule has 120 valence electrons. The minimum Gasteiger partial charge on any atom is -0.346 e. The predicted octanol–water partition coefficient (Wildman–Crippen LogP) is 5.10. The monoisotopic (exact) mass is 337 g/mol. The molecule has 0 bridgehead atoms. The van der Waals surface area contributed by atoms with Crippen LogP contribution in [0.2, 0.25) is 5.02 Å². The van der Waals surface area contributed by atoms with Crippen molar-refractivity contribution in [1.82, 2.24) is 4.98 Å². The van der Waals surface area contributed by atoms with Crippen molar-refractivity contribution in [2.45, 2.75) is 6.29 Å². The number of nitrogens with zero attached hydrogens (tertiary/aromatic N) is 1. The Labute approximate surface area is 145 Å². The van der Waals surface area contributed by atoms with Gasteiger partial charge < -0.3 is 9.47 Å². The number of benzene rings is 2. The molecule has 2 heterocycles. The second-order valence-electron chi connectivity index (χ2n) is 5.65. The Morgan fingerprint density at radius 2 is 1.79 bits per heavy atom. The molecule has 0 unspecified atom stereocenters. The van der Waals surface area contributed by atoms with E-state index in [0.29, 0.717) is 18.2 Å². The van der Waals surface area contributed by atoms with E-state index in [4.69, 9.17) is 21.1 Å². The minimum absolute atomic E-state index is 0.251. The van der Waals surface area contributed by atoms with Crippen LogP contribution in [0, 0.1) is 0 Å². The van der Waals surface area contributed by atoms with Crippen molar-refractivity contribution in [1.29, 1.82) is 0 Å². The fraction of sp³-hybridized carbons (Fsp3) is 0.150. The van der Waals surface area contributed by atoms with Crippen molar-refractivity contribution in [2.75, 3.05) is 13.2 Å². The maximum atomic E-state index is 6.04. The number of halogens is 1. The first-order valence-electron chi connectivity index (χ1n) is 7.85. The van der Waals surface area contributed by atoms with Crippen LogP contribution in [0.5, 0.6) is 0 Å². The fourth-order valence-electron chi connectivity index (χ4n) is 2.74. The van der Waals surface area contributed by atoms with Crippen LogP contribution in [0.25, 0.3) is 23.1 Å². The Bertz CT molecular complexity index is 901. The zero-order chi connectivity index (χ0) is 16.4. The van der Waals surface area contributed by atoms with Crippen LogP contribution in [0.3, 0.4) is 0 Å². The van der Waals surface area contributed by atoms with Gasteiger partial charge in [-0.25, -0.2) is 4.98 Å². The van der Waals surface area contributed by atoms with Gasteiger partial charge in [-0.05, 0) is 35.9 Å². The molecule has 4 rings (SSSR count). The van der Waals surface area contributed by atoms with Crippen molar-refractivity contribution in [3.05, 3.63) is 76.4 Å². The third-order valence-electron chi connectivity index (χ3n) is 3.93. The van der Waals surface area contributed by atoms with Crippen LogP contribution in [0.4, 0.5) is 0 Å². The molecule has 2 aromatic carbocycles. The van der Waals surface area contributed by atoms with Crippen LogP contribution in [-0.4, -0.2) is 18.2 Å². The minimum atomic E-state index is -0.251. The van der Waals surface area contributed by atoms with Crippen molar-refractivity contribution >= 4 is 34.7 Å². The average Bonchev–Trinajstić information content (AvgIpc) is 3.14. The number of aromatic nitrogens is 1. The molecule has 0 amide bonds. The number of rotatable bonds is 3. The summed E-state index contributed by atoms with van der Waals surface area (Å²) in [6, 6.07) is 17.9. The lowest BCUT2D eigenvalue weighted by Crippen LogP contribution is -1.97. The highest BCUT2D eigenvalue weighted by atomic mass is 35.5. The molecule has 0 N–H and O–H groups in total. The Hall–Kier alpha value is -2.20. The third-order valence-corrected chi connectivity index (χ3v) is 4.16. The maximum absolute atomic E-state index is 6.04. The predicted molar refractivity (Wildman–Crippen MR) is 96.8 cm³/mol. The summed E-state index contributed by atoms with van der Waals surface area (Å²) in [7, 11) is 0. The standard InChI is InChI=1S/C20H16ClNO2/c21-17-7-5-15-6-9-18(22-19(15)13-17)8-4-14-2-1-3-16(12-14)20-23-10-11-24-20/h1-9,12-13,20H,10-11H2/b8-4+. The van der Waals surface area contributed by atoms with Crippen LogP contribution in [0.15, 0.2) is 54.6 Å². The van der Waals surface area contributed by atoms with E-state index in [0.717, 1.165) is 27.7 Å². The van der Waals surface area contributed by atoms with Crippen molar-refractivity contribution in [3.63, 3.8) is 0 Å². The van der Waals surface area contributed by atoms with E-state index in [-0.39, 0.29) is 6.29 Å². The van der Waals surface area contributed by atoms with E-state index >= 15 is 0 Å². The van der Waals surface area contributed by atoms with E-state index in [1.807, 2.05) is 54.6 Å². The summed E-state index contributed by atoms with van der Waals surface area (Å²) >= 11 is 6.04. The third kappa shape index (κ3) is 3.34. The maximum Gasteiger partial charge on any atom is 0.184 e. The fourth-order valence-corrected chi connectivity index (χ4v) is 2.91. The topological polar surface area (TPSA) is 31.4 Å². The van der Waals surface area contributed by atoms with Crippen molar-refractivity contribution < 1.29 is 9.47 Å². The van der Waals surface area contributed by atoms with Gasteiger partial charge in [-0.15, -0.1) is 0 Å². The lowest BCUT2D eigenvalue weighted by atomic mass is 10.1. The molecule has 0 saturated carbocycles. The van der Waals surface area contributed by atoms with Gasteiger partial charge in [0.1, 0.15) is 0 Å². The number of hydrogen-bond acceptors (Lipinski definition) is 3. The van der Waals surface area contributed by atoms with Crippen LogP contribution in [0.1, 0.15) is 23.1 Å². The molecule has 0 spiro atoms. The molecule has 1 aromatic heterocycles. The van der Waals surface area contributed by atoms with E-state index in [1.54, 1.807) is 0 Å². The SMILES string of the molecule is Clc1ccc2ccc(/C=C/c3cccc(C4OCCO4)c3)nc2c1. The molecule has 0 radical (unpaired) electrons. The second kappa shape index (κ2) is 6.73. The molecule has 0 atom stereocenters. The highest BCUT2D eigenvalue weighted by molar-refractivity contribution is 6.31. The molecule has 1 saturated heterocycles. The lowest BCUT2D eigenvalue weighted by molar-refractivity contribution is -0.0441. The molecule has 3 aromatic rings. The van der Waals surface area contributed by atoms with Gasteiger partial charge in [0.2, 0.25) is 0 Å². The first-order valence-corrected chi connectivity index (χ1v) is 8.23. The zero-order valence-corrected chi connectivity index (χ0v) is 13.7. The molecule has 0 aliphatic carbocycles. The van der Waals surface area contributed by atoms with Gasteiger partial charge in [-0.2, -0.15) is 0 Å². The average molecular weight is 338 g/mol. The molecule has 1 fully saturated rings.